The van der Waals surface area contributed by atoms with E-state index in [4.69, 9.17) is 11.6 Å². The van der Waals surface area contributed by atoms with E-state index in [1.807, 2.05) is 30.5 Å². The highest BCUT2D eigenvalue weighted by Crippen LogP contribution is 2.43. The monoisotopic (exact) mass is 484 g/mol. The van der Waals surface area contributed by atoms with Gasteiger partial charge in [0, 0.05) is 22.3 Å². The number of pyridine rings is 1. The predicted octanol–water partition coefficient (Wildman–Crippen LogP) is 7.04. The minimum absolute atomic E-state index is 0.209. The van der Waals surface area contributed by atoms with Crippen molar-refractivity contribution >= 4 is 34.1 Å². The number of amides is 1. The number of para-hydroxylation sites is 1. The lowest BCUT2D eigenvalue weighted by Crippen LogP contribution is -2.26. The molecule has 0 bridgehead atoms. The van der Waals surface area contributed by atoms with Crippen molar-refractivity contribution in [2.45, 2.75) is 43.4 Å². The van der Waals surface area contributed by atoms with E-state index < -0.39 is 5.92 Å². The molecule has 1 amide bonds. The zero-order valence-corrected chi connectivity index (χ0v) is 20.3. The molecule has 178 valence electrons. The molecule has 1 aliphatic rings. The zero-order valence-electron chi connectivity index (χ0n) is 19.5. The second kappa shape index (κ2) is 10.6. The molecule has 5 rings (SSSR count). The number of fused-ring (bicyclic) bond motifs is 1. The number of aliphatic hydroxyl groups excluding tert-OH is 1. The summed E-state index contributed by atoms with van der Waals surface area (Å²) in [6, 6.07) is 25.6. The standard InChI is InChI=1S/C30H29ClN2O2/c31-22-13-15-23(16-14-22)33-30(35)28(19-34)26-6-2-1-5-24(26)20-9-11-21(12-10-20)25-17-18-32-29-8-4-3-7-27(25)29/h1-8,13-18,20-21,28,34H,9-12,19H2,(H,33,35)/t20-,21+,28-/m0/s1. The number of anilines is 1. The third kappa shape index (κ3) is 5.09. The van der Waals surface area contributed by atoms with Crippen molar-refractivity contribution in [2.24, 2.45) is 0 Å². The summed E-state index contributed by atoms with van der Waals surface area (Å²) >= 11 is 5.96. The molecule has 5 heteroatoms. The van der Waals surface area contributed by atoms with Gasteiger partial charge in [0.15, 0.2) is 0 Å². The van der Waals surface area contributed by atoms with Crippen LogP contribution >= 0.6 is 11.6 Å². The predicted molar refractivity (Wildman–Crippen MR) is 142 cm³/mol. The molecular weight excluding hydrogens is 456 g/mol. The number of aliphatic hydroxyl groups is 1. The van der Waals surface area contributed by atoms with E-state index in [0.717, 1.165) is 36.8 Å². The average Bonchev–Trinajstić information content (AvgIpc) is 2.90. The fraction of sp³-hybridized carbons (Fsp3) is 0.267. The number of halogens is 1. The molecular formula is C30H29ClN2O2. The quantitative estimate of drug-likeness (QED) is 0.308. The van der Waals surface area contributed by atoms with Gasteiger partial charge >= 0.3 is 0 Å². The van der Waals surface area contributed by atoms with Crippen LogP contribution in [0.25, 0.3) is 10.9 Å². The Hall–Kier alpha value is -3.21. The van der Waals surface area contributed by atoms with Crippen molar-refractivity contribution < 1.29 is 9.90 Å². The fourth-order valence-corrected chi connectivity index (χ4v) is 5.60. The van der Waals surface area contributed by atoms with Gasteiger partial charge in [0.2, 0.25) is 5.91 Å². The summed E-state index contributed by atoms with van der Waals surface area (Å²) in [5.74, 6) is 0.0454. The summed E-state index contributed by atoms with van der Waals surface area (Å²) < 4.78 is 0. The average molecular weight is 485 g/mol. The Labute approximate surface area is 211 Å². The Balaban J connectivity index is 1.33. The Bertz CT molecular complexity index is 1310. The molecule has 0 saturated heterocycles. The number of carbonyl (C=O) groups excluding carboxylic acids is 1. The lowest BCUT2D eigenvalue weighted by atomic mass is 9.73. The summed E-state index contributed by atoms with van der Waals surface area (Å²) in [6.07, 6.45) is 6.20. The van der Waals surface area contributed by atoms with Crippen molar-refractivity contribution in [3.05, 3.63) is 107 Å². The third-order valence-corrected chi connectivity index (χ3v) is 7.52. The molecule has 4 nitrogen and oxygen atoms in total. The summed E-state index contributed by atoms with van der Waals surface area (Å²) in [6.45, 7) is -0.241. The van der Waals surface area contributed by atoms with Gasteiger partial charge in [0.1, 0.15) is 0 Å². The Morgan fingerprint density at radius 2 is 1.54 bits per heavy atom. The first-order valence-corrected chi connectivity index (χ1v) is 12.6. The number of benzene rings is 3. The Morgan fingerprint density at radius 1 is 0.886 bits per heavy atom. The highest BCUT2D eigenvalue weighted by molar-refractivity contribution is 6.30. The molecule has 0 aliphatic heterocycles. The molecule has 0 unspecified atom stereocenters. The van der Waals surface area contributed by atoms with Gasteiger partial charge in [-0.15, -0.1) is 0 Å². The van der Waals surface area contributed by atoms with Crippen molar-refractivity contribution in [1.82, 2.24) is 4.98 Å². The van der Waals surface area contributed by atoms with Crippen LogP contribution in [-0.2, 0) is 4.79 Å². The van der Waals surface area contributed by atoms with Gasteiger partial charge in [-0.25, -0.2) is 0 Å². The lowest BCUT2D eigenvalue weighted by Gasteiger charge is -2.31. The van der Waals surface area contributed by atoms with Gasteiger partial charge in [-0.05, 0) is 90.6 Å². The zero-order chi connectivity index (χ0) is 24.2. The number of rotatable bonds is 6. The fourth-order valence-electron chi connectivity index (χ4n) is 5.47. The molecule has 0 radical (unpaired) electrons. The molecule has 1 heterocycles. The maximum atomic E-state index is 13.1. The Morgan fingerprint density at radius 3 is 2.29 bits per heavy atom. The van der Waals surface area contributed by atoms with Crippen LogP contribution in [0.4, 0.5) is 5.69 Å². The normalized spacial score (nSPS) is 18.8. The van der Waals surface area contributed by atoms with E-state index in [1.165, 1.54) is 16.5 Å². The van der Waals surface area contributed by atoms with Crippen molar-refractivity contribution in [3.8, 4) is 0 Å². The molecule has 1 aliphatic carbocycles. The molecule has 3 aromatic carbocycles. The SMILES string of the molecule is O=C(Nc1ccc(Cl)cc1)[C@@H](CO)c1ccccc1[C@H]1CC[C@@H](c2ccnc3ccccc32)CC1. The first kappa shape index (κ1) is 23.5. The Kier molecular flexibility index (Phi) is 7.12. The van der Waals surface area contributed by atoms with Crippen LogP contribution < -0.4 is 5.32 Å². The van der Waals surface area contributed by atoms with Crippen molar-refractivity contribution in [3.63, 3.8) is 0 Å². The van der Waals surface area contributed by atoms with Crippen LogP contribution in [0.3, 0.4) is 0 Å². The molecule has 35 heavy (non-hydrogen) atoms. The maximum absolute atomic E-state index is 13.1. The van der Waals surface area contributed by atoms with Gasteiger partial charge in [0.25, 0.3) is 0 Å². The topological polar surface area (TPSA) is 62.2 Å². The molecule has 1 fully saturated rings. The van der Waals surface area contributed by atoms with E-state index in [1.54, 1.807) is 24.3 Å². The summed E-state index contributed by atoms with van der Waals surface area (Å²) in [5.41, 5.74) is 5.20. The van der Waals surface area contributed by atoms with E-state index in [0.29, 0.717) is 22.5 Å². The molecule has 1 atom stereocenters. The van der Waals surface area contributed by atoms with Crippen molar-refractivity contribution in [1.29, 1.82) is 0 Å². The largest absolute Gasteiger partial charge is 0.395 e. The molecule has 1 aromatic heterocycles. The van der Waals surface area contributed by atoms with Gasteiger partial charge < -0.3 is 10.4 Å². The first-order chi connectivity index (χ1) is 17.1. The minimum atomic E-state index is -0.622. The van der Waals surface area contributed by atoms with E-state index >= 15 is 0 Å². The number of carbonyl (C=O) groups is 1. The number of hydrogen-bond donors (Lipinski definition) is 2. The minimum Gasteiger partial charge on any atom is -0.395 e. The van der Waals surface area contributed by atoms with Crippen LogP contribution in [0.2, 0.25) is 5.02 Å². The van der Waals surface area contributed by atoms with Gasteiger partial charge in [-0.3, -0.25) is 9.78 Å². The van der Waals surface area contributed by atoms with E-state index in [-0.39, 0.29) is 12.5 Å². The molecule has 4 aromatic rings. The van der Waals surface area contributed by atoms with E-state index in [9.17, 15) is 9.90 Å². The van der Waals surface area contributed by atoms with Crippen LogP contribution in [0, 0.1) is 0 Å². The maximum Gasteiger partial charge on any atom is 0.234 e. The number of aromatic nitrogens is 1. The molecule has 1 saturated carbocycles. The molecule has 0 spiro atoms. The van der Waals surface area contributed by atoms with E-state index in [2.05, 4.69) is 40.6 Å². The van der Waals surface area contributed by atoms with Crippen LogP contribution in [-0.4, -0.2) is 22.6 Å². The number of nitrogens with zero attached hydrogens (tertiary/aromatic N) is 1. The van der Waals surface area contributed by atoms with Crippen LogP contribution in [0.1, 0.15) is 60.1 Å². The third-order valence-electron chi connectivity index (χ3n) is 7.27. The summed E-state index contributed by atoms with van der Waals surface area (Å²) in [4.78, 5) is 17.6. The molecule has 2 N–H and O–H groups in total. The number of nitrogens with one attached hydrogen (secondary N) is 1. The van der Waals surface area contributed by atoms with Crippen LogP contribution in [0.5, 0.6) is 0 Å². The van der Waals surface area contributed by atoms with Crippen LogP contribution in [0.15, 0.2) is 85.1 Å². The highest BCUT2D eigenvalue weighted by atomic mass is 35.5. The first-order valence-electron chi connectivity index (χ1n) is 12.2. The second-order valence-corrected chi connectivity index (χ2v) is 9.76. The van der Waals surface area contributed by atoms with Gasteiger partial charge in [0.05, 0.1) is 18.0 Å². The van der Waals surface area contributed by atoms with Crippen molar-refractivity contribution in [2.75, 3.05) is 11.9 Å². The number of hydrogen-bond acceptors (Lipinski definition) is 3. The highest BCUT2D eigenvalue weighted by Gasteiger charge is 2.29. The summed E-state index contributed by atoms with van der Waals surface area (Å²) in [5, 5.41) is 15.0. The van der Waals surface area contributed by atoms with Gasteiger partial charge in [-0.2, -0.15) is 0 Å². The second-order valence-electron chi connectivity index (χ2n) is 9.33. The smallest absolute Gasteiger partial charge is 0.234 e. The lowest BCUT2D eigenvalue weighted by molar-refractivity contribution is -0.118. The van der Waals surface area contributed by atoms with Gasteiger partial charge in [-0.1, -0.05) is 54.1 Å². The summed E-state index contributed by atoms with van der Waals surface area (Å²) in [7, 11) is 0.